The van der Waals surface area contributed by atoms with Crippen LogP contribution in [0.2, 0.25) is 0 Å². The van der Waals surface area contributed by atoms with Gasteiger partial charge in [0.05, 0.1) is 0 Å². The Balaban J connectivity index is 1.42. The number of nitrogens with one attached hydrogen (secondary N) is 3. The quantitative estimate of drug-likeness (QED) is 0.321. The lowest BCUT2D eigenvalue weighted by molar-refractivity contribution is 0.233. The molecule has 3 aromatic rings. The van der Waals surface area contributed by atoms with Crippen molar-refractivity contribution < 1.29 is 0 Å². The van der Waals surface area contributed by atoms with Crippen LogP contribution in [0, 0.1) is 6.92 Å². The molecule has 1 fully saturated rings. The van der Waals surface area contributed by atoms with E-state index in [4.69, 9.17) is 4.98 Å². The third kappa shape index (κ3) is 8.12. The predicted octanol–water partition coefficient (Wildman–Crippen LogP) is 5.92. The van der Waals surface area contributed by atoms with E-state index in [0.717, 1.165) is 53.8 Å². The van der Waals surface area contributed by atoms with Crippen LogP contribution in [0.15, 0.2) is 64.5 Å². The van der Waals surface area contributed by atoms with E-state index in [1.165, 1.54) is 4.90 Å². The minimum absolute atomic E-state index is 0.0399. The standard InChI is InChI=1S/C26H35N7S2/c1-19-18-27-25(29-21-9-7-11-23(17-21)35-33-14-12-32(5)13-15-33)30-24(19)28-20-8-6-10-22(16-20)34-31-26(2,3)4/h6-11,16-18,31H,12-15H2,1-5H3,(H2,27,28,29,30). The maximum Gasteiger partial charge on any atom is 0.229 e. The van der Waals surface area contributed by atoms with Crippen LogP contribution in [0.25, 0.3) is 0 Å². The summed E-state index contributed by atoms with van der Waals surface area (Å²) in [6.45, 7) is 12.8. The summed E-state index contributed by atoms with van der Waals surface area (Å²) in [5, 5.41) is 6.83. The molecule has 2 aromatic carbocycles. The molecule has 0 saturated carbocycles. The van der Waals surface area contributed by atoms with Gasteiger partial charge in [-0.2, -0.15) is 4.98 Å². The fourth-order valence-electron chi connectivity index (χ4n) is 3.40. The Morgan fingerprint density at radius 3 is 2.26 bits per heavy atom. The highest BCUT2D eigenvalue weighted by Gasteiger charge is 2.15. The molecule has 2 heterocycles. The Bertz CT molecular complexity index is 1120. The molecule has 1 aliphatic heterocycles. The number of aryl methyl sites for hydroxylation is 1. The Hall–Kier alpha value is -2.30. The van der Waals surface area contributed by atoms with Gasteiger partial charge >= 0.3 is 0 Å². The van der Waals surface area contributed by atoms with Gasteiger partial charge in [0, 0.05) is 64.6 Å². The maximum atomic E-state index is 4.75. The molecule has 1 saturated heterocycles. The van der Waals surface area contributed by atoms with Crippen LogP contribution in [0.1, 0.15) is 26.3 Å². The molecule has 186 valence electrons. The minimum atomic E-state index is 0.0399. The summed E-state index contributed by atoms with van der Waals surface area (Å²) < 4.78 is 5.88. The fourth-order valence-corrected chi connectivity index (χ4v) is 5.12. The Labute approximate surface area is 217 Å². The Morgan fingerprint density at radius 2 is 1.54 bits per heavy atom. The highest BCUT2D eigenvalue weighted by Crippen LogP contribution is 2.28. The van der Waals surface area contributed by atoms with Crippen molar-refractivity contribution in [3.63, 3.8) is 0 Å². The first-order chi connectivity index (χ1) is 16.7. The summed E-state index contributed by atoms with van der Waals surface area (Å²) >= 11 is 3.44. The van der Waals surface area contributed by atoms with Crippen LogP contribution < -0.4 is 15.4 Å². The summed E-state index contributed by atoms with van der Waals surface area (Å²) in [5.74, 6) is 1.36. The van der Waals surface area contributed by atoms with E-state index in [2.05, 4.69) is 93.8 Å². The van der Waals surface area contributed by atoms with Gasteiger partial charge in [0.25, 0.3) is 0 Å². The van der Waals surface area contributed by atoms with Crippen molar-refractivity contribution in [1.82, 2.24) is 23.9 Å². The average Bonchev–Trinajstić information content (AvgIpc) is 2.82. The van der Waals surface area contributed by atoms with E-state index in [-0.39, 0.29) is 5.54 Å². The second-order valence-electron chi connectivity index (χ2n) is 9.81. The minimum Gasteiger partial charge on any atom is -0.340 e. The van der Waals surface area contributed by atoms with Crippen LogP contribution in [-0.4, -0.2) is 57.9 Å². The summed E-state index contributed by atoms with van der Waals surface area (Å²) in [5.41, 5.74) is 2.99. The van der Waals surface area contributed by atoms with Crippen molar-refractivity contribution in [2.45, 2.75) is 43.0 Å². The van der Waals surface area contributed by atoms with Crippen molar-refractivity contribution in [1.29, 1.82) is 0 Å². The highest BCUT2D eigenvalue weighted by atomic mass is 32.2. The first-order valence-corrected chi connectivity index (χ1v) is 13.5. The van der Waals surface area contributed by atoms with E-state index in [9.17, 15) is 0 Å². The van der Waals surface area contributed by atoms with E-state index < -0.39 is 0 Å². The van der Waals surface area contributed by atoms with Gasteiger partial charge in [-0.3, -0.25) is 4.72 Å². The van der Waals surface area contributed by atoms with Crippen molar-refractivity contribution in [3.8, 4) is 0 Å². The number of hydrogen-bond acceptors (Lipinski definition) is 9. The number of benzene rings is 2. The molecule has 0 bridgehead atoms. The SMILES string of the molecule is Cc1cnc(Nc2cccc(SN3CCN(C)CC3)c2)nc1Nc1cccc(SNC(C)(C)C)c1. The normalized spacial score (nSPS) is 15.2. The second-order valence-corrected chi connectivity index (χ2v) is 11.9. The molecule has 0 amide bonds. The van der Waals surface area contributed by atoms with Crippen LogP contribution in [0.3, 0.4) is 0 Å². The van der Waals surface area contributed by atoms with Gasteiger partial charge in [0.15, 0.2) is 0 Å². The zero-order valence-corrected chi connectivity index (χ0v) is 22.8. The molecule has 0 aliphatic carbocycles. The third-order valence-corrected chi connectivity index (χ3v) is 7.62. The molecule has 0 radical (unpaired) electrons. The second kappa shape index (κ2) is 11.6. The molecule has 0 unspecified atom stereocenters. The predicted molar refractivity (Wildman–Crippen MR) is 150 cm³/mol. The number of aromatic nitrogens is 2. The smallest absolute Gasteiger partial charge is 0.229 e. The first-order valence-electron chi connectivity index (χ1n) is 11.9. The van der Waals surface area contributed by atoms with Gasteiger partial charge < -0.3 is 15.5 Å². The van der Waals surface area contributed by atoms with Crippen molar-refractivity contribution >= 4 is 47.0 Å². The molecule has 7 nitrogen and oxygen atoms in total. The lowest BCUT2D eigenvalue weighted by Crippen LogP contribution is -2.40. The average molecular weight is 510 g/mol. The van der Waals surface area contributed by atoms with E-state index in [0.29, 0.717) is 5.95 Å². The molecule has 4 rings (SSSR count). The van der Waals surface area contributed by atoms with Crippen LogP contribution in [-0.2, 0) is 0 Å². The molecular weight excluding hydrogens is 474 g/mol. The van der Waals surface area contributed by atoms with Gasteiger partial charge in [-0.05, 0) is 95.0 Å². The lowest BCUT2D eigenvalue weighted by Gasteiger charge is -2.31. The number of rotatable bonds is 8. The summed E-state index contributed by atoms with van der Waals surface area (Å²) in [4.78, 5) is 14.0. The van der Waals surface area contributed by atoms with Gasteiger partial charge in [0.2, 0.25) is 5.95 Å². The number of nitrogens with zero attached hydrogens (tertiary/aromatic N) is 4. The van der Waals surface area contributed by atoms with Gasteiger partial charge in [-0.25, -0.2) is 9.29 Å². The summed E-state index contributed by atoms with van der Waals surface area (Å²) in [6, 6.07) is 16.7. The topological polar surface area (TPSA) is 68.4 Å². The summed E-state index contributed by atoms with van der Waals surface area (Å²) in [7, 11) is 2.18. The number of piperazine rings is 1. The molecule has 35 heavy (non-hydrogen) atoms. The molecule has 3 N–H and O–H groups in total. The van der Waals surface area contributed by atoms with Crippen LogP contribution in [0.4, 0.5) is 23.1 Å². The monoisotopic (exact) mass is 509 g/mol. The van der Waals surface area contributed by atoms with Crippen molar-refractivity contribution in [2.75, 3.05) is 43.9 Å². The van der Waals surface area contributed by atoms with E-state index in [1.54, 1.807) is 11.9 Å². The van der Waals surface area contributed by atoms with E-state index >= 15 is 0 Å². The molecule has 1 aliphatic rings. The first kappa shape index (κ1) is 25.8. The number of hydrogen-bond donors (Lipinski definition) is 3. The lowest BCUT2D eigenvalue weighted by atomic mass is 10.1. The largest absolute Gasteiger partial charge is 0.340 e. The Morgan fingerprint density at radius 1 is 0.886 bits per heavy atom. The number of anilines is 4. The Kier molecular flexibility index (Phi) is 8.56. The number of likely N-dealkylation sites (N-methyl/N-ethyl adjacent to an activating group) is 1. The zero-order chi connectivity index (χ0) is 24.8. The maximum absolute atomic E-state index is 4.75. The molecule has 0 atom stereocenters. The molecule has 9 heteroatoms. The third-order valence-electron chi connectivity index (χ3n) is 5.33. The van der Waals surface area contributed by atoms with Crippen LogP contribution in [0.5, 0.6) is 0 Å². The highest BCUT2D eigenvalue weighted by molar-refractivity contribution is 7.97. The molecule has 0 spiro atoms. The van der Waals surface area contributed by atoms with Gasteiger partial charge in [-0.15, -0.1) is 0 Å². The molecule has 1 aromatic heterocycles. The van der Waals surface area contributed by atoms with E-state index in [1.807, 2.05) is 37.2 Å². The molecular formula is C26H35N7S2. The van der Waals surface area contributed by atoms with Crippen molar-refractivity contribution in [2.24, 2.45) is 0 Å². The van der Waals surface area contributed by atoms with Gasteiger partial charge in [0.1, 0.15) is 5.82 Å². The fraction of sp³-hybridized carbons (Fsp3) is 0.385. The summed E-state index contributed by atoms with van der Waals surface area (Å²) in [6.07, 6.45) is 1.85. The van der Waals surface area contributed by atoms with Crippen molar-refractivity contribution in [3.05, 3.63) is 60.3 Å². The zero-order valence-electron chi connectivity index (χ0n) is 21.1. The van der Waals surface area contributed by atoms with Crippen LogP contribution >= 0.6 is 23.9 Å². The van der Waals surface area contributed by atoms with Gasteiger partial charge in [-0.1, -0.05) is 12.1 Å².